The van der Waals surface area contributed by atoms with Crippen LogP contribution in [0.5, 0.6) is 0 Å². The predicted octanol–water partition coefficient (Wildman–Crippen LogP) is 1.73. The summed E-state index contributed by atoms with van der Waals surface area (Å²) < 4.78 is 5.28. The molecule has 2 aliphatic heterocycles. The number of nitrogens with zero attached hydrogens (tertiary/aromatic N) is 4. The molecule has 7 nitrogen and oxygen atoms in total. The first kappa shape index (κ1) is 22.1. The van der Waals surface area contributed by atoms with E-state index in [1.165, 1.54) is 4.90 Å². The molecule has 3 amide bonds. The number of hydrogen-bond acceptors (Lipinski definition) is 5. The van der Waals surface area contributed by atoms with Gasteiger partial charge < -0.3 is 14.5 Å². The molecule has 0 saturated carbocycles. The summed E-state index contributed by atoms with van der Waals surface area (Å²) in [6.45, 7) is 10.6. The lowest BCUT2D eigenvalue weighted by atomic mass is 9.85. The van der Waals surface area contributed by atoms with E-state index in [1.807, 2.05) is 23.9 Å². The van der Waals surface area contributed by atoms with Crippen LogP contribution in [0.3, 0.4) is 0 Å². The summed E-state index contributed by atoms with van der Waals surface area (Å²) in [5.74, 6) is 0.514. The van der Waals surface area contributed by atoms with E-state index in [4.69, 9.17) is 4.74 Å². The third kappa shape index (κ3) is 4.81. The predicted molar refractivity (Wildman–Crippen MR) is 107 cm³/mol. The van der Waals surface area contributed by atoms with Crippen LogP contribution in [-0.2, 0) is 9.53 Å². The molecular weight excluding hydrogens is 344 g/mol. The molecule has 2 rings (SSSR count). The van der Waals surface area contributed by atoms with Gasteiger partial charge in [0.25, 0.3) is 5.91 Å². The van der Waals surface area contributed by atoms with Gasteiger partial charge in [-0.05, 0) is 46.2 Å². The summed E-state index contributed by atoms with van der Waals surface area (Å²) in [5.41, 5.74) is -0.651. The van der Waals surface area contributed by atoms with Crippen LogP contribution in [0.1, 0.15) is 40.0 Å². The van der Waals surface area contributed by atoms with Gasteiger partial charge in [0.2, 0.25) is 0 Å². The fraction of sp³-hybridized carbons (Fsp3) is 0.900. The maximum Gasteiger partial charge on any atom is 0.327 e. The molecule has 156 valence electrons. The van der Waals surface area contributed by atoms with Gasteiger partial charge in [0, 0.05) is 45.9 Å². The Kier molecular flexibility index (Phi) is 7.65. The molecule has 1 atom stereocenters. The SMILES string of the molecule is COC[C@H](C)N1CCC2(CC1)C(=O)N(CCN(C)C)C(=O)N2CCC(C)C. The minimum atomic E-state index is -0.651. The minimum Gasteiger partial charge on any atom is -0.383 e. The van der Waals surface area contributed by atoms with Crippen molar-refractivity contribution in [2.75, 3.05) is 60.5 Å². The lowest BCUT2D eigenvalue weighted by Gasteiger charge is -2.44. The molecule has 2 fully saturated rings. The largest absolute Gasteiger partial charge is 0.383 e. The Hall–Kier alpha value is -1.18. The van der Waals surface area contributed by atoms with Crippen molar-refractivity contribution in [1.82, 2.24) is 19.6 Å². The second-order valence-corrected chi connectivity index (χ2v) is 8.75. The number of urea groups is 1. The van der Waals surface area contributed by atoms with E-state index in [0.29, 0.717) is 51.0 Å². The molecule has 0 unspecified atom stereocenters. The number of carbonyl (C=O) groups is 2. The first-order chi connectivity index (χ1) is 12.7. The van der Waals surface area contributed by atoms with E-state index >= 15 is 0 Å². The zero-order valence-electron chi connectivity index (χ0n) is 18.0. The normalized spacial score (nSPS) is 21.9. The zero-order chi connectivity index (χ0) is 20.2. The van der Waals surface area contributed by atoms with Crippen molar-refractivity contribution in [3.05, 3.63) is 0 Å². The molecule has 0 aliphatic carbocycles. The minimum absolute atomic E-state index is 0.0113. The van der Waals surface area contributed by atoms with Gasteiger partial charge in [0.1, 0.15) is 5.54 Å². The molecule has 0 bridgehead atoms. The summed E-state index contributed by atoms with van der Waals surface area (Å²) in [5, 5.41) is 0. The third-order valence-electron chi connectivity index (χ3n) is 5.98. The second kappa shape index (κ2) is 9.34. The zero-order valence-corrected chi connectivity index (χ0v) is 18.0. The number of rotatable bonds is 9. The molecule has 7 heteroatoms. The Morgan fingerprint density at radius 1 is 1.11 bits per heavy atom. The maximum atomic E-state index is 13.4. The molecule has 0 N–H and O–H groups in total. The van der Waals surface area contributed by atoms with Gasteiger partial charge >= 0.3 is 6.03 Å². The fourth-order valence-corrected chi connectivity index (χ4v) is 4.14. The lowest BCUT2D eigenvalue weighted by molar-refractivity contribution is -0.136. The van der Waals surface area contributed by atoms with Crippen molar-refractivity contribution in [3.63, 3.8) is 0 Å². The first-order valence-corrected chi connectivity index (χ1v) is 10.2. The molecule has 27 heavy (non-hydrogen) atoms. The Labute approximate surface area is 164 Å². The van der Waals surface area contributed by atoms with Crippen LogP contribution in [0, 0.1) is 5.92 Å². The van der Waals surface area contributed by atoms with E-state index < -0.39 is 5.54 Å². The number of piperidine rings is 1. The summed E-state index contributed by atoms with van der Waals surface area (Å²) >= 11 is 0. The molecule has 2 aliphatic rings. The molecule has 2 saturated heterocycles. The lowest BCUT2D eigenvalue weighted by Crippen LogP contribution is -2.58. The molecule has 0 aromatic heterocycles. The molecule has 0 aromatic rings. The average Bonchev–Trinajstić information content (AvgIpc) is 2.79. The fourth-order valence-electron chi connectivity index (χ4n) is 4.14. The monoisotopic (exact) mass is 382 g/mol. The van der Waals surface area contributed by atoms with Crippen LogP contribution in [0.2, 0.25) is 0 Å². The quantitative estimate of drug-likeness (QED) is 0.569. The Bertz CT molecular complexity index is 515. The highest BCUT2D eigenvalue weighted by atomic mass is 16.5. The molecule has 1 spiro atoms. The highest BCUT2D eigenvalue weighted by molar-refractivity contribution is 6.07. The number of amides is 3. The van der Waals surface area contributed by atoms with Crippen molar-refractivity contribution in [1.29, 1.82) is 0 Å². The maximum absolute atomic E-state index is 13.4. The average molecular weight is 383 g/mol. The smallest absolute Gasteiger partial charge is 0.327 e. The van der Waals surface area contributed by atoms with E-state index in [-0.39, 0.29) is 11.9 Å². The highest BCUT2D eigenvalue weighted by Gasteiger charge is 2.57. The van der Waals surface area contributed by atoms with Crippen LogP contribution in [-0.4, -0.2) is 104 Å². The van der Waals surface area contributed by atoms with Crippen LogP contribution in [0.4, 0.5) is 4.79 Å². The molecule has 2 heterocycles. The van der Waals surface area contributed by atoms with Crippen LogP contribution < -0.4 is 0 Å². The van der Waals surface area contributed by atoms with Crippen molar-refractivity contribution >= 4 is 11.9 Å². The van der Waals surface area contributed by atoms with Gasteiger partial charge in [-0.2, -0.15) is 0 Å². The number of likely N-dealkylation sites (N-methyl/N-ethyl adjacent to an activating group) is 1. The molecule has 0 aromatic carbocycles. The number of methoxy groups -OCH3 is 1. The van der Waals surface area contributed by atoms with Gasteiger partial charge in [0.15, 0.2) is 0 Å². The topological polar surface area (TPSA) is 56.3 Å². The van der Waals surface area contributed by atoms with Crippen molar-refractivity contribution in [3.8, 4) is 0 Å². The summed E-state index contributed by atoms with van der Waals surface area (Å²) in [6, 6.07) is 0.231. The van der Waals surface area contributed by atoms with Crippen LogP contribution in [0.15, 0.2) is 0 Å². The summed E-state index contributed by atoms with van der Waals surface area (Å²) in [7, 11) is 5.65. The van der Waals surface area contributed by atoms with E-state index in [9.17, 15) is 9.59 Å². The van der Waals surface area contributed by atoms with Crippen LogP contribution in [0.25, 0.3) is 0 Å². The third-order valence-corrected chi connectivity index (χ3v) is 5.98. The Balaban J connectivity index is 2.17. The van der Waals surface area contributed by atoms with Gasteiger partial charge in [-0.1, -0.05) is 13.8 Å². The number of imide groups is 1. The number of hydrogen-bond donors (Lipinski definition) is 0. The van der Waals surface area contributed by atoms with Gasteiger partial charge in [-0.25, -0.2) is 4.79 Å². The summed E-state index contributed by atoms with van der Waals surface area (Å²) in [6.07, 6.45) is 2.34. The van der Waals surface area contributed by atoms with Crippen molar-refractivity contribution < 1.29 is 14.3 Å². The summed E-state index contributed by atoms with van der Waals surface area (Å²) in [4.78, 5) is 34.2. The van der Waals surface area contributed by atoms with Gasteiger partial charge in [-0.3, -0.25) is 14.6 Å². The number of carbonyl (C=O) groups excluding carboxylic acids is 2. The highest BCUT2D eigenvalue weighted by Crippen LogP contribution is 2.38. The van der Waals surface area contributed by atoms with Crippen molar-refractivity contribution in [2.24, 2.45) is 5.92 Å². The van der Waals surface area contributed by atoms with E-state index in [0.717, 1.165) is 19.5 Å². The molecule has 0 radical (unpaired) electrons. The van der Waals surface area contributed by atoms with E-state index in [2.05, 4.69) is 25.7 Å². The van der Waals surface area contributed by atoms with Gasteiger partial charge in [-0.15, -0.1) is 0 Å². The van der Waals surface area contributed by atoms with E-state index in [1.54, 1.807) is 7.11 Å². The van der Waals surface area contributed by atoms with Crippen LogP contribution >= 0.6 is 0 Å². The van der Waals surface area contributed by atoms with Gasteiger partial charge in [0.05, 0.1) is 6.61 Å². The molecular formula is C20H38N4O3. The Morgan fingerprint density at radius 2 is 1.74 bits per heavy atom. The standard InChI is InChI=1S/C20H38N4O3/c1-16(2)7-10-24-19(26)23(14-13-21(4)5)18(25)20(24)8-11-22(12-9-20)17(3)15-27-6/h16-17H,7-15H2,1-6H3/t17-/m0/s1. The number of likely N-dealkylation sites (tertiary alicyclic amines) is 1. The number of ether oxygens (including phenoxy) is 1. The Morgan fingerprint density at radius 3 is 2.26 bits per heavy atom. The first-order valence-electron chi connectivity index (χ1n) is 10.2. The van der Waals surface area contributed by atoms with Crippen molar-refractivity contribution in [2.45, 2.75) is 51.6 Å². The second-order valence-electron chi connectivity index (χ2n) is 8.75.